The normalized spacial score (nSPS) is 11.8. The van der Waals surface area contributed by atoms with Crippen LogP contribution >= 0.6 is 0 Å². The molecule has 4 nitrogen and oxygen atoms in total. The second-order valence-electron chi connectivity index (χ2n) is 2.39. The highest BCUT2D eigenvalue weighted by Crippen LogP contribution is 2.01. The summed E-state index contributed by atoms with van der Waals surface area (Å²) < 4.78 is 23.9. The Hall–Kier alpha value is -0.130. The molecule has 0 aliphatic heterocycles. The van der Waals surface area contributed by atoms with E-state index in [4.69, 9.17) is 0 Å². The van der Waals surface area contributed by atoms with Crippen LogP contribution in [0.2, 0.25) is 0 Å². The van der Waals surface area contributed by atoms with Crippen molar-refractivity contribution >= 4 is 10.1 Å². The highest BCUT2D eigenvalue weighted by molar-refractivity contribution is 7.86. The van der Waals surface area contributed by atoms with Gasteiger partial charge in [0.25, 0.3) is 10.1 Å². The van der Waals surface area contributed by atoms with Crippen LogP contribution in [0.4, 0.5) is 0 Å². The molecule has 0 aromatic rings. The molecular weight excluding hydrogens is 168 g/mol. The minimum absolute atomic E-state index is 0.156. The highest BCUT2D eigenvalue weighted by Gasteiger charge is 2.03. The van der Waals surface area contributed by atoms with Crippen molar-refractivity contribution in [2.75, 3.05) is 5.75 Å². The van der Waals surface area contributed by atoms with Gasteiger partial charge >= 0.3 is 0 Å². The van der Waals surface area contributed by atoms with Gasteiger partial charge in [0, 0.05) is 0 Å². The number of hydrogen-bond acceptors (Lipinski definition) is 4. The van der Waals surface area contributed by atoms with E-state index in [-0.39, 0.29) is 5.75 Å². The average Bonchev–Trinajstić information content (AvgIpc) is 1.99. The molecule has 0 aliphatic rings. The van der Waals surface area contributed by atoms with E-state index in [0.29, 0.717) is 6.42 Å². The first-order valence-electron chi connectivity index (χ1n) is 3.66. The Labute approximate surface area is 67.2 Å². The summed E-state index contributed by atoms with van der Waals surface area (Å²) in [5.41, 5.74) is 0. The topological polar surface area (TPSA) is 66.4 Å². The van der Waals surface area contributed by atoms with Crippen molar-refractivity contribution in [2.24, 2.45) is 0 Å². The number of unbranched alkanes of at least 4 members (excludes halogenated alkanes) is 3. The molecule has 0 saturated heterocycles. The Bertz CT molecular complexity index is 173. The van der Waals surface area contributed by atoms with Gasteiger partial charge in [0.05, 0.1) is 5.75 Å². The van der Waals surface area contributed by atoms with E-state index in [2.05, 4.69) is 4.33 Å². The molecule has 68 valence electrons. The van der Waals surface area contributed by atoms with Crippen LogP contribution in [0.25, 0.3) is 0 Å². The summed E-state index contributed by atoms with van der Waals surface area (Å²) >= 11 is 0. The van der Waals surface area contributed by atoms with E-state index < -0.39 is 10.1 Å². The van der Waals surface area contributed by atoms with E-state index >= 15 is 0 Å². The van der Waals surface area contributed by atoms with Crippen molar-refractivity contribution in [3.8, 4) is 0 Å². The minimum atomic E-state index is -3.76. The van der Waals surface area contributed by atoms with Crippen molar-refractivity contribution in [3.63, 3.8) is 0 Å². The summed E-state index contributed by atoms with van der Waals surface area (Å²) in [5.74, 6) is -0.156. The SMILES string of the molecule is CCCCCCS(=O)(=O)O[O-]. The van der Waals surface area contributed by atoms with Crippen LogP contribution in [0.1, 0.15) is 32.6 Å². The van der Waals surface area contributed by atoms with Gasteiger partial charge in [-0.1, -0.05) is 26.2 Å². The third-order valence-corrected chi connectivity index (χ3v) is 2.35. The van der Waals surface area contributed by atoms with Gasteiger partial charge in [-0.3, -0.25) is 0 Å². The molecule has 0 unspecified atom stereocenters. The summed E-state index contributed by atoms with van der Waals surface area (Å²) in [6.45, 7) is 2.03. The zero-order chi connectivity index (χ0) is 8.74. The van der Waals surface area contributed by atoms with Gasteiger partial charge in [-0.2, -0.15) is 0 Å². The van der Waals surface area contributed by atoms with Crippen LogP contribution in [0.15, 0.2) is 0 Å². The maximum absolute atomic E-state index is 10.4. The fraction of sp³-hybridized carbons (Fsp3) is 1.00. The van der Waals surface area contributed by atoms with Crippen LogP contribution in [0.5, 0.6) is 0 Å². The first-order chi connectivity index (χ1) is 5.12. The van der Waals surface area contributed by atoms with E-state index in [9.17, 15) is 13.7 Å². The second-order valence-corrected chi connectivity index (χ2v) is 4.05. The van der Waals surface area contributed by atoms with Crippen LogP contribution in [0, 0.1) is 0 Å². The van der Waals surface area contributed by atoms with Crippen molar-refractivity contribution < 1.29 is 18.0 Å². The fourth-order valence-corrected chi connectivity index (χ4v) is 1.37. The smallest absolute Gasteiger partial charge is 0.258 e. The van der Waals surface area contributed by atoms with Crippen LogP contribution in [-0.2, 0) is 14.5 Å². The van der Waals surface area contributed by atoms with E-state index in [1.54, 1.807) is 0 Å². The molecule has 0 amide bonds. The van der Waals surface area contributed by atoms with Gasteiger partial charge in [-0.15, -0.1) is 0 Å². The molecule has 0 fully saturated rings. The van der Waals surface area contributed by atoms with Gasteiger partial charge in [-0.25, -0.2) is 8.42 Å². The van der Waals surface area contributed by atoms with Gasteiger partial charge < -0.3 is 9.59 Å². The maximum atomic E-state index is 10.4. The second kappa shape index (κ2) is 5.51. The Kier molecular flexibility index (Phi) is 5.45. The lowest BCUT2D eigenvalue weighted by molar-refractivity contribution is -0.634. The molecule has 0 bridgehead atoms. The van der Waals surface area contributed by atoms with Gasteiger partial charge in [-0.05, 0) is 6.42 Å². The standard InChI is InChI=1S/C6H14O4S/c1-2-3-4-5-6-11(8,9)10-7/h7H,2-6H2,1H3/p-1. The molecule has 0 saturated carbocycles. The van der Waals surface area contributed by atoms with Crippen LogP contribution in [-0.4, -0.2) is 14.2 Å². The van der Waals surface area contributed by atoms with Gasteiger partial charge in [0.15, 0.2) is 0 Å². The lowest BCUT2D eigenvalue weighted by Crippen LogP contribution is -2.17. The van der Waals surface area contributed by atoms with Crippen LogP contribution in [0.3, 0.4) is 0 Å². The summed E-state index contributed by atoms with van der Waals surface area (Å²) in [6.07, 6.45) is 3.38. The molecule has 0 atom stereocenters. The zero-order valence-corrected chi connectivity index (χ0v) is 7.39. The Morgan fingerprint density at radius 2 is 1.91 bits per heavy atom. The summed E-state index contributed by atoms with van der Waals surface area (Å²) in [7, 11) is -3.76. The van der Waals surface area contributed by atoms with E-state index in [0.717, 1.165) is 19.3 Å². The molecule has 0 N–H and O–H groups in total. The molecule has 0 aromatic heterocycles. The van der Waals surface area contributed by atoms with Gasteiger partial charge in [0.2, 0.25) is 0 Å². The van der Waals surface area contributed by atoms with Crippen LogP contribution < -0.4 is 5.26 Å². The Balaban J connectivity index is 3.39. The Morgan fingerprint density at radius 1 is 1.27 bits per heavy atom. The van der Waals surface area contributed by atoms with Crippen molar-refractivity contribution in [3.05, 3.63) is 0 Å². The zero-order valence-electron chi connectivity index (χ0n) is 6.58. The van der Waals surface area contributed by atoms with Gasteiger partial charge in [0.1, 0.15) is 0 Å². The predicted octanol–water partition coefficient (Wildman–Crippen LogP) is 0.188. The van der Waals surface area contributed by atoms with Crippen molar-refractivity contribution in [1.29, 1.82) is 0 Å². The number of rotatable bonds is 6. The highest BCUT2D eigenvalue weighted by atomic mass is 32.2. The first kappa shape index (κ1) is 10.9. The van der Waals surface area contributed by atoms with Crippen molar-refractivity contribution in [1.82, 2.24) is 0 Å². The van der Waals surface area contributed by atoms with E-state index in [1.807, 2.05) is 6.92 Å². The minimum Gasteiger partial charge on any atom is -0.707 e. The number of hydrogen-bond donors (Lipinski definition) is 0. The molecule has 0 rings (SSSR count). The lowest BCUT2D eigenvalue weighted by Gasteiger charge is -2.06. The molecule has 0 aromatic carbocycles. The summed E-state index contributed by atoms with van der Waals surface area (Å²) in [4.78, 5) is 0. The summed E-state index contributed by atoms with van der Waals surface area (Å²) in [5, 5.41) is 9.53. The third-order valence-electron chi connectivity index (χ3n) is 1.35. The monoisotopic (exact) mass is 181 g/mol. The average molecular weight is 181 g/mol. The molecular formula is C6H13O4S-. The summed E-state index contributed by atoms with van der Waals surface area (Å²) in [6, 6.07) is 0. The maximum Gasteiger partial charge on any atom is 0.258 e. The molecule has 0 aliphatic carbocycles. The molecule has 11 heavy (non-hydrogen) atoms. The predicted molar refractivity (Wildman–Crippen MR) is 39.0 cm³/mol. The van der Waals surface area contributed by atoms with E-state index in [1.165, 1.54) is 0 Å². The quantitative estimate of drug-likeness (QED) is 0.333. The fourth-order valence-electron chi connectivity index (χ4n) is 0.740. The lowest BCUT2D eigenvalue weighted by atomic mass is 10.2. The molecule has 0 heterocycles. The third kappa shape index (κ3) is 6.28. The largest absolute Gasteiger partial charge is 0.707 e. The van der Waals surface area contributed by atoms with Crippen molar-refractivity contribution in [2.45, 2.75) is 32.6 Å². The first-order valence-corrected chi connectivity index (χ1v) is 5.24. The Morgan fingerprint density at radius 3 is 2.36 bits per heavy atom. The molecule has 0 radical (unpaired) electrons. The molecule has 0 spiro atoms. The molecule has 5 heteroatoms.